The number of benzene rings is 4. The fourth-order valence-corrected chi connectivity index (χ4v) is 4.50. The molecule has 0 spiro atoms. The largest absolute Gasteiger partial charge is 0.395 e. The van der Waals surface area contributed by atoms with Crippen LogP contribution in [0.15, 0.2) is 109 Å². The second-order valence-corrected chi connectivity index (χ2v) is 9.25. The predicted molar refractivity (Wildman–Crippen MR) is 148 cm³/mol. The minimum atomic E-state index is -0.907. The van der Waals surface area contributed by atoms with Gasteiger partial charge in [0.2, 0.25) is 0 Å². The summed E-state index contributed by atoms with van der Waals surface area (Å²) in [6.45, 7) is 0.0395. The van der Waals surface area contributed by atoms with Crippen LogP contribution in [0.1, 0.15) is 34.6 Å². The summed E-state index contributed by atoms with van der Waals surface area (Å²) in [5, 5.41) is 12.2. The molecule has 4 N–H and O–H groups in total. The van der Waals surface area contributed by atoms with E-state index >= 15 is 0 Å². The number of nitrogens with two attached hydrogens (primary N) is 1. The van der Waals surface area contributed by atoms with Gasteiger partial charge in [0.15, 0.2) is 0 Å². The normalized spacial score (nSPS) is 12.7. The molecule has 196 valence electrons. The van der Waals surface area contributed by atoms with Crippen molar-refractivity contribution < 1.29 is 19.0 Å². The fraction of sp³-hybridized carbons (Fsp3) is 0.219. The van der Waals surface area contributed by atoms with Crippen molar-refractivity contribution in [3.63, 3.8) is 0 Å². The molecule has 2 atom stereocenters. The van der Waals surface area contributed by atoms with E-state index in [1.54, 1.807) is 12.1 Å². The zero-order valence-corrected chi connectivity index (χ0v) is 21.2. The topological polar surface area (TPSA) is 84.6 Å². The highest BCUT2D eigenvalue weighted by atomic mass is 19.1. The van der Waals surface area contributed by atoms with Crippen LogP contribution >= 0.6 is 0 Å². The molecule has 0 aliphatic heterocycles. The maximum Gasteiger partial charge on any atom is 0.254 e. The Hall–Kier alpha value is -3.84. The highest BCUT2D eigenvalue weighted by molar-refractivity contribution is 5.96. The van der Waals surface area contributed by atoms with Crippen molar-refractivity contribution >= 4 is 11.6 Å². The molecule has 4 aromatic rings. The SMILES string of the molecule is NC(CO)CCc1c(F)cccc1NC(=O)C(OCc1ccccc1)C(c1ccccc1)c1ccccc1. The van der Waals surface area contributed by atoms with Crippen LogP contribution in [0.3, 0.4) is 0 Å². The molecular weight excluding hydrogens is 479 g/mol. The molecule has 4 rings (SSSR count). The van der Waals surface area contributed by atoms with Crippen LogP contribution in [-0.4, -0.2) is 29.8 Å². The standard InChI is InChI=1S/C32H33FN2O3/c33-28-17-10-18-29(27(28)20-19-26(34)21-36)35-32(37)31(38-22-23-11-4-1-5-12-23)30(24-13-6-2-7-14-24)25-15-8-3-9-16-25/h1-18,26,30-31,36H,19-22,34H2,(H,35,37). The molecule has 0 heterocycles. The van der Waals surface area contributed by atoms with E-state index in [-0.39, 0.29) is 25.5 Å². The number of anilines is 1. The molecule has 38 heavy (non-hydrogen) atoms. The van der Waals surface area contributed by atoms with E-state index in [0.29, 0.717) is 17.7 Å². The molecule has 0 saturated heterocycles. The Balaban J connectivity index is 1.69. The van der Waals surface area contributed by atoms with Crippen LogP contribution in [0.4, 0.5) is 10.1 Å². The first-order chi connectivity index (χ1) is 18.6. The molecule has 6 heteroatoms. The molecule has 0 radical (unpaired) electrons. The second kappa shape index (κ2) is 13.6. The number of hydrogen-bond acceptors (Lipinski definition) is 4. The molecule has 0 aromatic heterocycles. The molecule has 0 aliphatic carbocycles. The number of ether oxygens (including phenoxy) is 1. The minimum Gasteiger partial charge on any atom is -0.395 e. The van der Waals surface area contributed by atoms with Gasteiger partial charge in [-0.05, 0) is 41.7 Å². The van der Waals surface area contributed by atoms with E-state index in [0.717, 1.165) is 16.7 Å². The van der Waals surface area contributed by atoms with E-state index in [1.165, 1.54) is 6.07 Å². The Bertz CT molecular complexity index is 1250. The molecular formula is C32H33FN2O3. The minimum absolute atomic E-state index is 0.193. The van der Waals surface area contributed by atoms with Crippen LogP contribution in [0.25, 0.3) is 0 Å². The summed E-state index contributed by atoms with van der Waals surface area (Å²) < 4.78 is 21.2. The molecule has 4 aromatic carbocycles. The van der Waals surface area contributed by atoms with Gasteiger partial charge in [-0.3, -0.25) is 4.79 Å². The number of rotatable bonds is 12. The van der Waals surface area contributed by atoms with Crippen molar-refractivity contribution in [3.8, 4) is 0 Å². The third kappa shape index (κ3) is 7.13. The fourth-order valence-electron chi connectivity index (χ4n) is 4.50. The maximum absolute atomic E-state index is 14.8. The first-order valence-electron chi connectivity index (χ1n) is 12.8. The van der Waals surface area contributed by atoms with Crippen LogP contribution in [0.5, 0.6) is 0 Å². The van der Waals surface area contributed by atoms with Crippen molar-refractivity contribution in [1.82, 2.24) is 0 Å². The quantitative estimate of drug-likeness (QED) is 0.236. The number of halogens is 1. The first-order valence-corrected chi connectivity index (χ1v) is 12.8. The number of aliphatic hydroxyl groups is 1. The molecule has 0 bridgehead atoms. The Morgan fingerprint density at radius 3 is 2.00 bits per heavy atom. The predicted octanol–water partition coefficient (Wildman–Crippen LogP) is 5.43. The zero-order chi connectivity index (χ0) is 26.7. The summed E-state index contributed by atoms with van der Waals surface area (Å²) in [6, 6.07) is 33.3. The average molecular weight is 513 g/mol. The van der Waals surface area contributed by atoms with Gasteiger partial charge in [-0.25, -0.2) is 4.39 Å². The lowest BCUT2D eigenvalue weighted by Gasteiger charge is -2.28. The second-order valence-electron chi connectivity index (χ2n) is 9.25. The smallest absolute Gasteiger partial charge is 0.254 e. The van der Waals surface area contributed by atoms with Gasteiger partial charge in [0.1, 0.15) is 11.9 Å². The highest BCUT2D eigenvalue weighted by Gasteiger charge is 2.32. The number of amides is 1. The third-order valence-corrected chi connectivity index (χ3v) is 6.53. The van der Waals surface area contributed by atoms with Crippen LogP contribution < -0.4 is 11.1 Å². The van der Waals surface area contributed by atoms with Crippen LogP contribution in [0.2, 0.25) is 0 Å². The van der Waals surface area contributed by atoms with Gasteiger partial charge in [-0.15, -0.1) is 0 Å². The zero-order valence-electron chi connectivity index (χ0n) is 21.2. The van der Waals surface area contributed by atoms with Crippen LogP contribution in [-0.2, 0) is 22.6 Å². The first kappa shape index (κ1) is 27.2. The monoisotopic (exact) mass is 512 g/mol. The number of carbonyl (C=O) groups excluding carboxylic acids is 1. The van der Waals surface area contributed by atoms with Crippen molar-refractivity contribution in [3.05, 3.63) is 137 Å². The Kier molecular flexibility index (Phi) is 9.76. The third-order valence-electron chi connectivity index (χ3n) is 6.53. The molecule has 1 amide bonds. The Labute approximate surface area is 223 Å². The van der Waals surface area contributed by atoms with Gasteiger partial charge in [0.25, 0.3) is 5.91 Å². The molecule has 0 aliphatic rings. The van der Waals surface area contributed by atoms with Crippen molar-refractivity contribution in [2.75, 3.05) is 11.9 Å². The number of hydrogen-bond donors (Lipinski definition) is 3. The maximum atomic E-state index is 14.8. The van der Waals surface area contributed by atoms with E-state index in [1.807, 2.05) is 91.0 Å². The van der Waals surface area contributed by atoms with E-state index in [2.05, 4.69) is 5.32 Å². The molecule has 2 unspecified atom stereocenters. The van der Waals surface area contributed by atoms with Crippen molar-refractivity contribution in [2.45, 2.75) is 37.5 Å². The summed E-state index contributed by atoms with van der Waals surface area (Å²) >= 11 is 0. The molecule has 0 saturated carbocycles. The van der Waals surface area contributed by atoms with E-state index < -0.39 is 23.9 Å². The van der Waals surface area contributed by atoms with Crippen molar-refractivity contribution in [1.29, 1.82) is 0 Å². The van der Waals surface area contributed by atoms with Crippen LogP contribution in [0, 0.1) is 5.82 Å². The van der Waals surface area contributed by atoms with Gasteiger partial charge >= 0.3 is 0 Å². The van der Waals surface area contributed by atoms with Gasteiger partial charge < -0.3 is 20.9 Å². The summed E-state index contributed by atoms with van der Waals surface area (Å²) in [6.07, 6.45) is -0.249. The van der Waals surface area contributed by atoms with Gasteiger partial charge in [0.05, 0.1) is 13.2 Å². The molecule has 0 fully saturated rings. The summed E-state index contributed by atoms with van der Waals surface area (Å²) in [5.74, 6) is -1.21. The Morgan fingerprint density at radius 2 is 1.42 bits per heavy atom. The number of nitrogens with one attached hydrogen (secondary N) is 1. The van der Waals surface area contributed by atoms with E-state index in [9.17, 15) is 14.3 Å². The summed E-state index contributed by atoms with van der Waals surface area (Å²) in [4.78, 5) is 14.0. The van der Waals surface area contributed by atoms with Crippen molar-refractivity contribution in [2.24, 2.45) is 5.73 Å². The summed E-state index contributed by atoms with van der Waals surface area (Å²) in [5.41, 5.74) is 9.37. The van der Waals surface area contributed by atoms with E-state index in [4.69, 9.17) is 10.5 Å². The lowest BCUT2D eigenvalue weighted by molar-refractivity contribution is -0.129. The van der Waals surface area contributed by atoms with Gasteiger partial charge in [0, 0.05) is 23.2 Å². The number of carbonyl (C=O) groups is 1. The lowest BCUT2D eigenvalue weighted by Crippen LogP contribution is -2.37. The lowest BCUT2D eigenvalue weighted by atomic mass is 9.86. The van der Waals surface area contributed by atoms with Gasteiger partial charge in [-0.1, -0.05) is 97.1 Å². The average Bonchev–Trinajstić information content (AvgIpc) is 2.96. The Morgan fingerprint density at radius 1 is 0.842 bits per heavy atom. The number of aliphatic hydroxyl groups excluding tert-OH is 1. The summed E-state index contributed by atoms with van der Waals surface area (Å²) in [7, 11) is 0. The van der Waals surface area contributed by atoms with Gasteiger partial charge in [-0.2, -0.15) is 0 Å². The highest BCUT2D eigenvalue weighted by Crippen LogP contribution is 2.32. The molecule has 5 nitrogen and oxygen atoms in total.